The lowest BCUT2D eigenvalue weighted by Gasteiger charge is -2.37. The van der Waals surface area contributed by atoms with Gasteiger partial charge in [-0.1, -0.05) is 31.2 Å². The van der Waals surface area contributed by atoms with Crippen LogP contribution in [0.3, 0.4) is 0 Å². The maximum Gasteiger partial charge on any atom is 0.0926 e. The highest BCUT2D eigenvalue weighted by Crippen LogP contribution is 2.40. The van der Waals surface area contributed by atoms with E-state index in [2.05, 4.69) is 36.5 Å². The molecule has 2 unspecified atom stereocenters. The number of halogens is 1. The van der Waals surface area contributed by atoms with Crippen molar-refractivity contribution in [3.63, 3.8) is 0 Å². The van der Waals surface area contributed by atoms with Crippen LogP contribution in [0, 0.1) is 0 Å². The fourth-order valence-electron chi connectivity index (χ4n) is 3.41. The molecule has 2 bridgehead atoms. The quantitative estimate of drug-likeness (QED) is 0.864. The molecule has 0 aromatic heterocycles. The topological polar surface area (TPSA) is 32.3 Å². The van der Waals surface area contributed by atoms with Crippen molar-refractivity contribution in [2.45, 2.75) is 56.7 Å². The van der Waals surface area contributed by atoms with Crippen molar-refractivity contribution in [2.24, 2.45) is 0 Å². The monoisotopic (exact) mass is 267 g/mol. The van der Waals surface area contributed by atoms with Gasteiger partial charge in [-0.25, -0.2) is 0 Å². The summed E-state index contributed by atoms with van der Waals surface area (Å²) in [5.41, 5.74) is 1.85. The number of benzene rings is 1. The first-order valence-electron chi connectivity index (χ1n) is 6.77. The van der Waals surface area contributed by atoms with Gasteiger partial charge in [0.15, 0.2) is 0 Å². The molecule has 2 saturated heterocycles. The molecule has 2 atom stereocenters. The van der Waals surface area contributed by atoms with Gasteiger partial charge in [-0.15, -0.1) is 12.4 Å². The number of aliphatic hydroxyl groups is 1. The molecule has 0 amide bonds. The molecular formula is C15H22ClNO. The maximum absolute atomic E-state index is 10.8. The number of aryl methyl sites for hydroxylation is 1. The molecule has 3 rings (SSSR count). The number of rotatable bonds is 2. The van der Waals surface area contributed by atoms with Crippen LogP contribution in [0.2, 0.25) is 0 Å². The summed E-state index contributed by atoms with van der Waals surface area (Å²) in [7, 11) is 0. The molecule has 100 valence electrons. The normalized spacial score (nSPS) is 34.1. The van der Waals surface area contributed by atoms with Gasteiger partial charge in [0, 0.05) is 12.1 Å². The van der Waals surface area contributed by atoms with Gasteiger partial charge < -0.3 is 10.4 Å². The second-order valence-corrected chi connectivity index (χ2v) is 5.63. The summed E-state index contributed by atoms with van der Waals surface area (Å²) in [4.78, 5) is 0. The predicted molar refractivity (Wildman–Crippen MR) is 76.1 cm³/mol. The Bertz CT molecular complexity index is 391. The van der Waals surface area contributed by atoms with Crippen LogP contribution in [-0.2, 0) is 12.0 Å². The Morgan fingerprint density at radius 3 is 2.22 bits per heavy atom. The highest BCUT2D eigenvalue weighted by molar-refractivity contribution is 5.85. The molecular weight excluding hydrogens is 246 g/mol. The minimum absolute atomic E-state index is 0. The Labute approximate surface area is 115 Å². The fourth-order valence-corrected chi connectivity index (χ4v) is 3.41. The van der Waals surface area contributed by atoms with Crippen LogP contribution < -0.4 is 5.32 Å². The van der Waals surface area contributed by atoms with Crippen LogP contribution in [0.5, 0.6) is 0 Å². The van der Waals surface area contributed by atoms with Gasteiger partial charge in [-0.2, -0.15) is 0 Å². The average molecular weight is 268 g/mol. The van der Waals surface area contributed by atoms with Crippen molar-refractivity contribution >= 4 is 12.4 Å². The third-order valence-electron chi connectivity index (χ3n) is 4.40. The fraction of sp³-hybridized carbons (Fsp3) is 0.600. The van der Waals surface area contributed by atoms with E-state index in [9.17, 15) is 5.11 Å². The first-order valence-corrected chi connectivity index (χ1v) is 6.77. The SMILES string of the molecule is CCc1ccc(C2(O)CC3CCC(C2)N3)cc1.Cl. The van der Waals surface area contributed by atoms with Gasteiger partial charge in [0.2, 0.25) is 0 Å². The standard InChI is InChI=1S/C15H21NO.ClH/c1-2-11-3-5-12(6-4-11)15(17)9-13-7-8-14(10-15)16-13;/h3-6,13-14,16-17H,2,7-10H2,1H3;1H. The second kappa shape index (κ2) is 5.20. The highest BCUT2D eigenvalue weighted by Gasteiger charge is 2.43. The zero-order valence-electron chi connectivity index (χ0n) is 10.9. The number of fused-ring (bicyclic) bond motifs is 2. The van der Waals surface area contributed by atoms with Gasteiger partial charge >= 0.3 is 0 Å². The molecule has 0 radical (unpaired) electrons. The van der Waals surface area contributed by atoms with E-state index in [1.54, 1.807) is 0 Å². The van der Waals surface area contributed by atoms with E-state index in [-0.39, 0.29) is 12.4 Å². The molecule has 2 aliphatic rings. The van der Waals surface area contributed by atoms with Crippen LogP contribution in [0.25, 0.3) is 0 Å². The zero-order valence-corrected chi connectivity index (χ0v) is 11.7. The molecule has 2 aliphatic heterocycles. The van der Waals surface area contributed by atoms with E-state index in [1.165, 1.54) is 18.4 Å². The van der Waals surface area contributed by atoms with Crippen molar-refractivity contribution in [3.05, 3.63) is 35.4 Å². The summed E-state index contributed by atoms with van der Waals surface area (Å²) in [5.74, 6) is 0. The minimum Gasteiger partial charge on any atom is -0.385 e. The predicted octanol–water partition coefficient (Wildman–Crippen LogP) is 2.77. The first kappa shape index (κ1) is 13.9. The minimum atomic E-state index is -0.594. The molecule has 2 N–H and O–H groups in total. The Kier molecular flexibility index (Phi) is 4.00. The van der Waals surface area contributed by atoms with Crippen molar-refractivity contribution in [2.75, 3.05) is 0 Å². The second-order valence-electron chi connectivity index (χ2n) is 5.63. The average Bonchev–Trinajstić information content (AvgIpc) is 2.69. The van der Waals surface area contributed by atoms with E-state index >= 15 is 0 Å². The van der Waals surface area contributed by atoms with Crippen molar-refractivity contribution in [3.8, 4) is 0 Å². The molecule has 0 saturated carbocycles. The Hall–Kier alpha value is -0.570. The van der Waals surface area contributed by atoms with Crippen molar-refractivity contribution in [1.82, 2.24) is 5.32 Å². The largest absolute Gasteiger partial charge is 0.385 e. The molecule has 3 heteroatoms. The zero-order chi connectivity index (χ0) is 11.9. The lowest BCUT2D eigenvalue weighted by atomic mass is 9.81. The number of nitrogens with one attached hydrogen (secondary N) is 1. The summed E-state index contributed by atoms with van der Waals surface area (Å²) in [5, 5.41) is 14.4. The summed E-state index contributed by atoms with van der Waals surface area (Å²) < 4.78 is 0. The molecule has 0 aliphatic carbocycles. The van der Waals surface area contributed by atoms with Crippen molar-refractivity contribution in [1.29, 1.82) is 0 Å². The van der Waals surface area contributed by atoms with Gasteiger partial charge in [0.1, 0.15) is 0 Å². The number of hydrogen-bond acceptors (Lipinski definition) is 2. The molecule has 1 aromatic rings. The Morgan fingerprint density at radius 2 is 1.72 bits per heavy atom. The summed E-state index contributed by atoms with van der Waals surface area (Å²) in [6.45, 7) is 2.16. The van der Waals surface area contributed by atoms with E-state index in [4.69, 9.17) is 0 Å². The van der Waals surface area contributed by atoms with Crippen molar-refractivity contribution < 1.29 is 5.11 Å². The van der Waals surface area contributed by atoms with Gasteiger partial charge in [0.25, 0.3) is 0 Å². The van der Waals surface area contributed by atoms with Crippen LogP contribution in [0.1, 0.15) is 43.7 Å². The van der Waals surface area contributed by atoms with Gasteiger partial charge in [0.05, 0.1) is 5.60 Å². The van der Waals surface area contributed by atoms with Crippen LogP contribution >= 0.6 is 12.4 Å². The summed E-state index contributed by atoms with van der Waals surface area (Å²) in [6.07, 6.45) is 5.25. The Morgan fingerprint density at radius 1 is 1.17 bits per heavy atom. The van der Waals surface area contributed by atoms with E-state index in [0.29, 0.717) is 12.1 Å². The molecule has 1 aromatic carbocycles. The lowest BCUT2D eigenvalue weighted by Crippen LogP contribution is -2.46. The maximum atomic E-state index is 10.8. The third kappa shape index (κ3) is 2.42. The third-order valence-corrected chi connectivity index (χ3v) is 4.40. The van der Waals surface area contributed by atoms with E-state index in [1.807, 2.05) is 0 Å². The van der Waals surface area contributed by atoms with Crippen LogP contribution in [0.4, 0.5) is 0 Å². The van der Waals surface area contributed by atoms with Gasteiger partial charge in [-0.3, -0.25) is 0 Å². The molecule has 2 heterocycles. The Balaban J connectivity index is 0.00000120. The van der Waals surface area contributed by atoms with Crippen LogP contribution in [-0.4, -0.2) is 17.2 Å². The van der Waals surface area contributed by atoms with Crippen LogP contribution in [0.15, 0.2) is 24.3 Å². The summed E-state index contributed by atoms with van der Waals surface area (Å²) in [6, 6.07) is 9.57. The smallest absolute Gasteiger partial charge is 0.0926 e. The molecule has 18 heavy (non-hydrogen) atoms. The highest BCUT2D eigenvalue weighted by atomic mass is 35.5. The number of hydrogen-bond donors (Lipinski definition) is 2. The first-order chi connectivity index (χ1) is 8.19. The van der Waals surface area contributed by atoms with E-state index in [0.717, 1.165) is 24.8 Å². The summed E-state index contributed by atoms with van der Waals surface area (Å²) >= 11 is 0. The lowest BCUT2D eigenvalue weighted by molar-refractivity contribution is -0.0114. The molecule has 2 fully saturated rings. The van der Waals surface area contributed by atoms with Gasteiger partial charge in [-0.05, 0) is 43.2 Å². The van der Waals surface area contributed by atoms with E-state index < -0.39 is 5.60 Å². The number of piperidine rings is 1. The molecule has 0 spiro atoms. The molecule has 2 nitrogen and oxygen atoms in total.